The number of anilines is 2. The zero-order valence-electron chi connectivity index (χ0n) is 16.3. The molecule has 0 bridgehead atoms. The lowest BCUT2D eigenvalue weighted by atomic mass is 9.90. The number of aliphatic hydroxyl groups excluding tert-OH is 1. The molecule has 1 aliphatic carbocycles. The van der Waals surface area contributed by atoms with Crippen molar-refractivity contribution in [1.82, 2.24) is 4.98 Å². The van der Waals surface area contributed by atoms with Crippen LogP contribution in [0.15, 0.2) is 53.1 Å². The van der Waals surface area contributed by atoms with E-state index in [9.17, 15) is 23.8 Å². The van der Waals surface area contributed by atoms with E-state index in [1.807, 2.05) is 18.2 Å². The number of aliphatic hydroxyl groups is 1. The van der Waals surface area contributed by atoms with Crippen LogP contribution in [0.1, 0.15) is 40.7 Å². The largest absolute Gasteiger partial charge is 0.478 e. The molecule has 0 saturated heterocycles. The Balaban J connectivity index is 1.89. The number of pyridine rings is 1. The molecule has 0 radical (unpaired) electrons. The molecule has 160 valence electrons. The quantitative estimate of drug-likeness (QED) is 0.402. The second kappa shape index (κ2) is 8.36. The summed E-state index contributed by atoms with van der Waals surface area (Å²) >= 11 is 3.45. The number of nitrogens with zero attached hydrogens (tertiary/aromatic N) is 1. The minimum Gasteiger partial charge on any atom is -0.478 e. The summed E-state index contributed by atoms with van der Waals surface area (Å²) < 4.78 is 28.2. The number of carbonyl (C=O) groups is 1. The number of alkyl halides is 2. The van der Waals surface area contributed by atoms with Gasteiger partial charge in [0.1, 0.15) is 0 Å². The van der Waals surface area contributed by atoms with Crippen molar-refractivity contribution in [3.8, 4) is 0 Å². The number of halogens is 3. The highest BCUT2D eigenvalue weighted by Crippen LogP contribution is 2.41. The minimum atomic E-state index is -2.72. The highest BCUT2D eigenvalue weighted by molar-refractivity contribution is 9.10. The van der Waals surface area contributed by atoms with E-state index in [4.69, 9.17) is 0 Å². The molecule has 3 aromatic rings. The first-order chi connectivity index (χ1) is 14.8. The maximum absolute atomic E-state index is 13.7. The Kier molecular flexibility index (Phi) is 5.77. The lowest BCUT2D eigenvalue weighted by Gasteiger charge is -2.24. The summed E-state index contributed by atoms with van der Waals surface area (Å²) in [5.74, 6) is -3.86. The number of hydrogen-bond donors (Lipinski definition) is 3. The van der Waals surface area contributed by atoms with Crippen molar-refractivity contribution in [2.75, 3.05) is 5.32 Å². The SMILES string of the molecule is O=C(O)c1cc(CO)ccc1Nc1c(C2=CCC(F)(F)CC2)cnc2ccc(Br)cc12. The molecule has 31 heavy (non-hydrogen) atoms. The standard InChI is InChI=1S/C23H19BrF2N2O3/c24-15-2-4-19-16(10-15)21(18(11-27-19)14-5-7-23(25,26)8-6-14)28-20-3-1-13(12-29)9-17(20)22(30)31/h1-5,9-11,29H,6-8,12H2,(H,27,28)(H,30,31). The summed E-state index contributed by atoms with van der Waals surface area (Å²) in [4.78, 5) is 16.3. The smallest absolute Gasteiger partial charge is 0.337 e. The van der Waals surface area contributed by atoms with Gasteiger partial charge >= 0.3 is 5.97 Å². The van der Waals surface area contributed by atoms with Gasteiger partial charge in [-0.2, -0.15) is 0 Å². The molecule has 5 nitrogen and oxygen atoms in total. The van der Waals surface area contributed by atoms with E-state index in [0.717, 1.165) is 15.4 Å². The number of allylic oxidation sites excluding steroid dienone is 2. The van der Waals surface area contributed by atoms with Crippen molar-refractivity contribution in [3.63, 3.8) is 0 Å². The van der Waals surface area contributed by atoms with Crippen LogP contribution in [-0.4, -0.2) is 27.1 Å². The summed E-state index contributed by atoms with van der Waals surface area (Å²) in [6.45, 7) is -0.280. The molecular weight excluding hydrogens is 470 g/mol. The van der Waals surface area contributed by atoms with Gasteiger partial charge in [0.25, 0.3) is 5.92 Å². The molecule has 0 atom stereocenters. The minimum absolute atomic E-state index is 0.00150. The average Bonchev–Trinajstić information content (AvgIpc) is 2.74. The van der Waals surface area contributed by atoms with Crippen molar-refractivity contribution in [1.29, 1.82) is 0 Å². The van der Waals surface area contributed by atoms with Gasteiger partial charge in [-0.3, -0.25) is 4.98 Å². The second-order valence-electron chi connectivity index (χ2n) is 7.47. The van der Waals surface area contributed by atoms with Crippen LogP contribution in [0.4, 0.5) is 20.2 Å². The van der Waals surface area contributed by atoms with Crippen molar-refractivity contribution in [2.24, 2.45) is 0 Å². The molecule has 1 aliphatic rings. The fraction of sp³-hybridized carbons (Fsp3) is 0.217. The molecule has 3 N–H and O–H groups in total. The molecule has 1 aromatic heterocycles. The van der Waals surface area contributed by atoms with Crippen LogP contribution in [0.3, 0.4) is 0 Å². The number of rotatable bonds is 5. The van der Waals surface area contributed by atoms with Gasteiger partial charge in [0.05, 0.1) is 29.1 Å². The first-order valence-corrected chi connectivity index (χ1v) is 10.5. The molecule has 1 heterocycles. The highest BCUT2D eigenvalue weighted by atomic mass is 79.9. The molecule has 0 saturated carbocycles. The zero-order chi connectivity index (χ0) is 22.2. The lowest BCUT2D eigenvalue weighted by Crippen LogP contribution is -2.18. The Bertz CT molecular complexity index is 1210. The molecule has 0 unspecified atom stereocenters. The topological polar surface area (TPSA) is 82.5 Å². The predicted octanol–water partition coefficient (Wildman–Crippen LogP) is 6.13. The molecule has 0 spiro atoms. The van der Waals surface area contributed by atoms with E-state index in [2.05, 4.69) is 26.2 Å². The summed E-state index contributed by atoms with van der Waals surface area (Å²) in [7, 11) is 0. The Morgan fingerprint density at radius 3 is 2.71 bits per heavy atom. The van der Waals surface area contributed by atoms with Crippen LogP contribution < -0.4 is 5.32 Å². The number of aromatic carboxylic acids is 1. The first-order valence-electron chi connectivity index (χ1n) is 9.67. The van der Waals surface area contributed by atoms with E-state index >= 15 is 0 Å². The van der Waals surface area contributed by atoms with Gasteiger partial charge in [-0.1, -0.05) is 28.1 Å². The monoisotopic (exact) mass is 488 g/mol. The van der Waals surface area contributed by atoms with E-state index < -0.39 is 11.9 Å². The van der Waals surface area contributed by atoms with Gasteiger partial charge in [-0.15, -0.1) is 0 Å². The van der Waals surface area contributed by atoms with Crippen LogP contribution in [0.25, 0.3) is 16.5 Å². The van der Waals surface area contributed by atoms with Gasteiger partial charge in [0, 0.05) is 34.5 Å². The average molecular weight is 489 g/mol. The van der Waals surface area contributed by atoms with Crippen molar-refractivity contribution >= 4 is 49.8 Å². The predicted molar refractivity (Wildman–Crippen MR) is 119 cm³/mol. The first kappa shape index (κ1) is 21.4. The highest BCUT2D eigenvalue weighted by Gasteiger charge is 2.32. The van der Waals surface area contributed by atoms with Crippen molar-refractivity contribution < 1.29 is 23.8 Å². The number of carboxylic acids is 1. The van der Waals surface area contributed by atoms with Crippen molar-refractivity contribution in [3.05, 3.63) is 69.8 Å². The third kappa shape index (κ3) is 4.45. The van der Waals surface area contributed by atoms with Crippen LogP contribution in [-0.2, 0) is 6.61 Å². The Hall–Kier alpha value is -2.84. The van der Waals surface area contributed by atoms with Crippen molar-refractivity contribution in [2.45, 2.75) is 31.8 Å². The molecule has 2 aromatic carbocycles. The van der Waals surface area contributed by atoms with Gasteiger partial charge in [0.15, 0.2) is 0 Å². The molecular formula is C23H19BrF2N2O3. The Morgan fingerprint density at radius 1 is 1.23 bits per heavy atom. The molecule has 0 amide bonds. The number of aromatic nitrogens is 1. The summed E-state index contributed by atoms with van der Waals surface area (Å²) in [5, 5.41) is 23.0. The summed E-state index contributed by atoms with van der Waals surface area (Å²) in [6.07, 6.45) is 2.77. The van der Waals surface area contributed by atoms with Crippen LogP contribution in [0.2, 0.25) is 0 Å². The van der Waals surface area contributed by atoms with Gasteiger partial charge < -0.3 is 15.5 Å². The molecule has 0 aliphatic heterocycles. The van der Waals surface area contributed by atoms with Gasteiger partial charge in [-0.25, -0.2) is 13.6 Å². The number of benzene rings is 2. The Morgan fingerprint density at radius 2 is 2.03 bits per heavy atom. The lowest BCUT2D eigenvalue weighted by molar-refractivity contribution is -0.00603. The number of hydrogen-bond acceptors (Lipinski definition) is 4. The summed E-state index contributed by atoms with van der Waals surface area (Å²) in [6, 6.07) is 10.2. The maximum atomic E-state index is 13.7. The van der Waals surface area contributed by atoms with E-state index in [0.29, 0.717) is 28.0 Å². The van der Waals surface area contributed by atoms with E-state index in [1.165, 1.54) is 12.1 Å². The summed E-state index contributed by atoms with van der Waals surface area (Å²) in [5.41, 5.74) is 3.49. The third-order valence-electron chi connectivity index (χ3n) is 5.34. The number of nitrogens with one attached hydrogen (secondary N) is 1. The van der Waals surface area contributed by atoms with Gasteiger partial charge in [0.2, 0.25) is 0 Å². The Labute approximate surface area is 185 Å². The van der Waals surface area contributed by atoms with Gasteiger partial charge in [-0.05, 0) is 47.9 Å². The van der Waals surface area contributed by atoms with Crippen LogP contribution in [0.5, 0.6) is 0 Å². The van der Waals surface area contributed by atoms with Crippen LogP contribution >= 0.6 is 15.9 Å². The fourth-order valence-electron chi connectivity index (χ4n) is 3.69. The number of carboxylic acid groups (broad SMARTS) is 1. The maximum Gasteiger partial charge on any atom is 0.337 e. The molecule has 0 fully saturated rings. The van der Waals surface area contributed by atoms with Crippen LogP contribution in [0, 0.1) is 0 Å². The molecule has 8 heteroatoms. The van der Waals surface area contributed by atoms with E-state index in [-0.39, 0.29) is 31.4 Å². The fourth-order valence-corrected chi connectivity index (χ4v) is 4.05. The molecule has 4 rings (SSSR count). The normalized spacial score (nSPS) is 15.5. The third-order valence-corrected chi connectivity index (χ3v) is 5.83. The van der Waals surface area contributed by atoms with E-state index in [1.54, 1.807) is 18.3 Å². The number of fused-ring (bicyclic) bond motifs is 1. The second-order valence-corrected chi connectivity index (χ2v) is 8.38. The zero-order valence-corrected chi connectivity index (χ0v) is 17.9.